The van der Waals surface area contributed by atoms with Crippen molar-refractivity contribution < 1.29 is 0 Å². The van der Waals surface area contributed by atoms with Crippen molar-refractivity contribution in [2.24, 2.45) is 23.7 Å². The molecule has 2 N–H and O–H groups in total. The number of anilines is 1. The van der Waals surface area contributed by atoms with Crippen LogP contribution < -0.4 is 10.6 Å². The molecule has 0 saturated heterocycles. The number of rotatable bonds is 3. The van der Waals surface area contributed by atoms with Gasteiger partial charge in [-0.05, 0) is 66.9 Å². The highest BCUT2D eigenvalue weighted by atomic mass is 15.0. The van der Waals surface area contributed by atoms with E-state index in [-0.39, 0.29) is 0 Å². The molecule has 21 heavy (non-hydrogen) atoms. The standard InChI is InChI=1S/C19H26N2/c1-3-12-7-8-20-19(12)13(4-1)11-21-18-10-14-9-17(18)16-6-2-5-15(14)16/h1,3-4,14-18,20-21H,2,5-11H2. The van der Waals surface area contributed by atoms with E-state index in [2.05, 4.69) is 28.8 Å². The predicted molar refractivity (Wildman–Crippen MR) is 86.3 cm³/mol. The van der Waals surface area contributed by atoms with Crippen LogP contribution in [0, 0.1) is 23.7 Å². The highest BCUT2D eigenvalue weighted by Gasteiger charge is 2.53. The zero-order chi connectivity index (χ0) is 13.8. The van der Waals surface area contributed by atoms with Crippen LogP contribution in [0.1, 0.15) is 43.2 Å². The maximum absolute atomic E-state index is 3.93. The summed E-state index contributed by atoms with van der Waals surface area (Å²) in [7, 11) is 0. The lowest BCUT2D eigenvalue weighted by atomic mass is 9.79. The van der Waals surface area contributed by atoms with Gasteiger partial charge in [0, 0.05) is 24.8 Å². The van der Waals surface area contributed by atoms with Crippen LogP contribution in [0.5, 0.6) is 0 Å². The van der Waals surface area contributed by atoms with Crippen LogP contribution in [-0.2, 0) is 13.0 Å². The second kappa shape index (κ2) is 4.74. The summed E-state index contributed by atoms with van der Waals surface area (Å²) in [6.07, 6.45) is 8.74. The molecule has 0 aromatic heterocycles. The van der Waals surface area contributed by atoms with Crippen molar-refractivity contribution in [3.05, 3.63) is 29.3 Å². The fourth-order valence-corrected chi connectivity index (χ4v) is 6.10. The van der Waals surface area contributed by atoms with E-state index < -0.39 is 0 Å². The van der Waals surface area contributed by atoms with Gasteiger partial charge in [-0.3, -0.25) is 0 Å². The molecule has 5 atom stereocenters. The van der Waals surface area contributed by atoms with Gasteiger partial charge in [0.05, 0.1) is 0 Å². The summed E-state index contributed by atoms with van der Waals surface area (Å²) >= 11 is 0. The molecule has 1 aromatic rings. The summed E-state index contributed by atoms with van der Waals surface area (Å²) in [6.45, 7) is 2.17. The summed E-state index contributed by atoms with van der Waals surface area (Å²) in [5.41, 5.74) is 4.42. The van der Waals surface area contributed by atoms with Gasteiger partial charge in [0.25, 0.3) is 0 Å². The van der Waals surface area contributed by atoms with Crippen molar-refractivity contribution in [2.75, 3.05) is 11.9 Å². The molecule has 3 saturated carbocycles. The Morgan fingerprint density at radius 3 is 3.05 bits per heavy atom. The molecule has 3 aliphatic carbocycles. The SMILES string of the molecule is c1cc2c(c(CNC3CC4CC3C3CCCC43)c1)NCC2. The molecule has 0 amide bonds. The van der Waals surface area contributed by atoms with Gasteiger partial charge in [-0.25, -0.2) is 0 Å². The molecule has 3 fully saturated rings. The molecule has 1 heterocycles. The quantitative estimate of drug-likeness (QED) is 0.885. The molecule has 112 valence electrons. The number of fused-ring (bicyclic) bond motifs is 6. The predicted octanol–water partition coefficient (Wildman–Crippen LogP) is 3.57. The van der Waals surface area contributed by atoms with Crippen LogP contribution in [0.3, 0.4) is 0 Å². The van der Waals surface area contributed by atoms with Gasteiger partial charge in [-0.15, -0.1) is 0 Å². The lowest BCUT2D eigenvalue weighted by Crippen LogP contribution is -2.39. The minimum atomic E-state index is 0.798. The number of benzene rings is 1. The molecule has 2 nitrogen and oxygen atoms in total. The maximum Gasteiger partial charge on any atom is 0.0419 e. The van der Waals surface area contributed by atoms with E-state index in [1.807, 2.05) is 0 Å². The first-order chi connectivity index (χ1) is 10.4. The van der Waals surface area contributed by atoms with Crippen molar-refractivity contribution >= 4 is 5.69 Å². The average molecular weight is 282 g/mol. The molecular weight excluding hydrogens is 256 g/mol. The molecule has 1 aliphatic heterocycles. The van der Waals surface area contributed by atoms with Crippen molar-refractivity contribution in [1.29, 1.82) is 0 Å². The van der Waals surface area contributed by atoms with E-state index in [0.717, 1.165) is 42.8 Å². The third-order valence-electron chi connectivity index (χ3n) is 6.92. The van der Waals surface area contributed by atoms with Crippen LogP contribution in [0.15, 0.2) is 18.2 Å². The highest BCUT2D eigenvalue weighted by Crippen LogP contribution is 2.58. The molecule has 1 aromatic carbocycles. The van der Waals surface area contributed by atoms with Gasteiger partial charge in [0.15, 0.2) is 0 Å². The zero-order valence-corrected chi connectivity index (χ0v) is 12.8. The number of para-hydroxylation sites is 1. The Labute approximate surface area is 127 Å². The van der Waals surface area contributed by atoms with E-state index in [0.29, 0.717) is 0 Å². The largest absolute Gasteiger partial charge is 0.384 e. The first-order valence-corrected chi connectivity index (χ1v) is 8.98. The molecule has 2 bridgehead atoms. The van der Waals surface area contributed by atoms with Crippen LogP contribution in [0.25, 0.3) is 0 Å². The van der Waals surface area contributed by atoms with Gasteiger partial charge < -0.3 is 10.6 Å². The van der Waals surface area contributed by atoms with Crippen LogP contribution >= 0.6 is 0 Å². The maximum atomic E-state index is 3.93. The van der Waals surface area contributed by atoms with Gasteiger partial charge in [-0.2, -0.15) is 0 Å². The minimum Gasteiger partial charge on any atom is -0.384 e. The van der Waals surface area contributed by atoms with Gasteiger partial charge in [0.2, 0.25) is 0 Å². The van der Waals surface area contributed by atoms with Crippen LogP contribution in [0.4, 0.5) is 5.69 Å². The Balaban J connectivity index is 1.29. The van der Waals surface area contributed by atoms with Crippen molar-refractivity contribution in [3.63, 3.8) is 0 Å². The number of hydrogen-bond acceptors (Lipinski definition) is 2. The summed E-state index contributed by atoms with van der Waals surface area (Å²) in [6, 6.07) is 7.61. The van der Waals surface area contributed by atoms with Crippen molar-refractivity contribution in [1.82, 2.24) is 5.32 Å². The van der Waals surface area contributed by atoms with E-state index in [9.17, 15) is 0 Å². The van der Waals surface area contributed by atoms with Gasteiger partial charge in [0.1, 0.15) is 0 Å². The number of hydrogen-bond donors (Lipinski definition) is 2. The molecule has 4 aliphatic rings. The summed E-state index contributed by atoms with van der Waals surface area (Å²) in [5, 5.41) is 7.51. The Morgan fingerprint density at radius 2 is 2.05 bits per heavy atom. The van der Waals surface area contributed by atoms with Crippen molar-refractivity contribution in [2.45, 2.75) is 51.1 Å². The summed E-state index contributed by atoms with van der Waals surface area (Å²) < 4.78 is 0. The highest BCUT2D eigenvalue weighted by molar-refractivity contribution is 5.61. The zero-order valence-electron chi connectivity index (χ0n) is 12.8. The summed E-state index contributed by atoms with van der Waals surface area (Å²) in [4.78, 5) is 0. The Kier molecular flexibility index (Phi) is 2.83. The summed E-state index contributed by atoms with van der Waals surface area (Å²) in [5.74, 6) is 4.23. The van der Waals surface area contributed by atoms with Crippen molar-refractivity contribution in [3.8, 4) is 0 Å². The first-order valence-electron chi connectivity index (χ1n) is 8.98. The van der Waals surface area contributed by atoms with E-state index >= 15 is 0 Å². The van der Waals surface area contributed by atoms with Gasteiger partial charge >= 0.3 is 0 Å². The third-order valence-corrected chi connectivity index (χ3v) is 6.92. The molecule has 0 radical (unpaired) electrons. The van der Waals surface area contributed by atoms with E-state index in [1.54, 1.807) is 0 Å². The van der Waals surface area contributed by atoms with Crippen LogP contribution in [0.2, 0.25) is 0 Å². The van der Waals surface area contributed by atoms with E-state index in [4.69, 9.17) is 0 Å². The van der Waals surface area contributed by atoms with E-state index in [1.165, 1.54) is 55.3 Å². The third kappa shape index (κ3) is 1.88. The fraction of sp³-hybridized carbons (Fsp3) is 0.684. The van der Waals surface area contributed by atoms with Gasteiger partial charge in [-0.1, -0.05) is 24.6 Å². The number of nitrogens with one attached hydrogen (secondary N) is 2. The molecule has 2 heteroatoms. The lowest BCUT2D eigenvalue weighted by Gasteiger charge is -2.32. The Morgan fingerprint density at radius 1 is 1.10 bits per heavy atom. The first kappa shape index (κ1) is 12.5. The second-order valence-electron chi connectivity index (χ2n) is 7.77. The molecule has 5 unspecified atom stereocenters. The molecule has 5 rings (SSSR count). The normalized spacial score (nSPS) is 39.3. The fourth-order valence-electron chi connectivity index (χ4n) is 6.10. The second-order valence-corrected chi connectivity index (χ2v) is 7.77. The smallest absolute Gasteiger partial charge is 0.0419 e. The Hall–Kier alpha value is -1.02. The topological polar surface area (TPSA) is 24.1 Å². The van der Waals surface area contributed by atoms with Crippen LogP contribution in [-0.4, -0.2) is 12.6 Å². The minimum absolute atomic E-state index is 0.798. The molecule has 0 spiro atoms. The molecular formula is C19H26N2. The Bertz CT molecular complexity index is 552. The average Bonchev–Trinajstić information content (AvgIpc) is 3.23. The lowest BCUT2D eigenvalue weighted by molar-refractivity contribution is 0.208. The monoisotopic (exact) mass is 282 g/mol.